The van der Waals surface area contributed by atoms with Crippen molar-refractivity contribution in [2.45, 2.75) is 24.9 Å². The van der Waals surface area contributed by atoms with Gasteiger partial charge in [-0.3, -0.25) is 4.79 Å². The van der Waals surface area contributed by atoms with Crippen LogP contribution in [0.1, 0.15) is 24.7 Å². The number of nitrogens with zero attached hydrogens (tertiary/aromatic N) is 2. The molecule has 2 atom stereocenters. The first kappa shape index (κ1) is 19.4. The number of aliphatic hydroxyl groups is 1. The summed E-state index contributed by atoms with van der Waals surface area (Å²) < 4.78 is 5.51. The molecule has 9 heteroatoms. The van der Waals surface area contributed by atoms with Crippen LogP contribution >= 0.6 is 15.9 Å². The Morgan fingerprint density at radius 1 is 1.44 bits per heavy atom. The number of halogens is 1. The number of aromatic amines is 1. The fourth-order valence-corrected chi connectivity index (χ4v) is 3.45. The number of hydrogen-bond acceptors (Lipinski definition) is 5. The fraction of sp³-hybridized carbons (Fsp3) is 0.389. The molecule has 2 aromatic rings. The van der Waals surface area contributed by atoms with Crippen LogP contribution in [-0.2, 0) is 9.53 Å². The number of carbonyl (C=O) groups excluding carboxylic acids is 2. The molecule has 1 aliphatic heterocycles. The SMILES string of the molecule is COC(=O)N[C@@H](CO)C(=O)N1CCC[C@H]1c1ncc(-c2ccc(Br)cc2)[nH]1. The summed E-state index contributed by atoms with van der Waals surface area (Å²) in [6, 6.07) is 6.58. The van der Waals surface area contributed by atoms with E-state index in [-0.39, 0.29) is 11.9 Å². The molecule has 1 aliphatic rings. The van der Waals surface area contributed by atoms with Crippen LogP contribution in [0.25, 0.3) is 11.3 Å². The molecule has 0 radical (unpaired) electrons. The first-order valence-corrected chi connectivity index (χ1v) is 9.39. The topological polar surface area (TPSA) is 108 Å². The normalized spacial score (nSPS) is 17.6. The number of carbonyl (C=O) groups is 2. The molecule has 27 heavy (non-hydrogen) atoms. The molecule has 0 aliphatic carbocycles. The van der Waals surface area contributed by atoms with Crippen LogP contribution in [0.3, 0.4) is 0 Å². The van der Waals surface area contributed by atoms with E-state index in [1.807, 2.05) is 24.3 Å². The lowest BCUT2D eigenvalue weighted by molar-refractivity contribution is -0.135. The van der Waals surface area contributed by atoms with E-state index in [2.05, 4.69) is 36.0 Å². The Labute approximate surface area is 165 Å². The van der Waals surface area contributed by atoms with Crippen molar-refractivity contribution in [2.24, 2.45) is 0 Å². The third-order valence-corrected chi connectivity index (χ3v) is 5.09. The minimum Gasteiger partial charge on any atom is -0.453 e. The fourth-order valence-electron chi connectivity index (χ4n) is 3.18. The Kier molecular flexibility index (Phi) is 6.12. The Bertz CT molecular complexity index is 808. The quantitative estimate of drug-likeness (QED) is 0.665. The number of rotatable bonds is 5. The van der Waals surface area contributed by atoms with Crippen molar-refractivity contribution in [2.75, 3.05) is 20.3 Å². The second-order valence-corrected chi connectivity index (χ2v) is 7.17. The molecule has 1 saturated heterocycles. The van der Waals surface area contributed by atoms with Crippen molar-refractivity contribution in [3.8, 4) is 11.3 Å². The highest BCUT2D eigenvalue weighted by Gasteiger charge is 2.36. The largest absolute Gasteiger partial charge is 0.453 e. The van der Waals surface area contributed by atoms with E-state index < -0.39 is 18.7 Å². The first-order chi connectivity index (χ1) is 13.0. The predicted octanol–water partition coefficient (Wildman–Crippen LogP) is 2.22. The van der Waals surface area contributed by atoms with Gasteiger partial charge < -0.3 is 25.0 Å². The highest BCUT2D eigenvalue weighted by molar-refractivity contribution is 9.10. The van der Waals surface area contributed by atoms with E-state index in [4.69, 9.17) is 0 Å². The van der Waals surface area contributed by atoms with Crippen molar-refractivity contribution in [3.05, 3.63) is 40.8 Å². The number of likely N-dealkylation sites (tertiary alicyclic amines) is 1. The number of benzene rings is 1. The van der Waals surface area contributed by atoms with E-state index in [1.54, 1.807) is 11.1 Å². The second kappa shape index (κ2) is 8.53. The molecule has 3 rings (SSSR count). The highest BCUT2D eigenvalue weighted by Crippen LogP contribution is 2.32. The van der Waals surface area contributed by atoms with Gasteiger partial charge in [-0.05, 0) is 30.5 Å². The maximum atomic E-state index is 12.8. The molecule has 1 fully saturated rings. The summed E-state index contributed by atoms with van der Waals surface area (Å²) in [5.41, 5.74) is 1.86. The van der Waals surface area contributed by atoms with Gasteiger partial charge in [-0.15, -0.1) is 0 Å². The van der Waals surface area contributed by atoms with Crippen LogP contribution in [0.4, 0.5) is 4.79 Å². The predicted molar refractivity (Wildman–Crippen MR) is 102 cm³/mol. The maximum Gasteiger partial charge on any atom is 0.407 e. The molecule has 144 valence electrons. The molecule has 0 spiro atoms. The van der Waals surface area contributed by atoms with Crippen molar-refractivity contribution in [1.82, 2.24) is 20.2 Å². The number of ether oxygens (including phenoxy) is 1. The zero-order valence-corrected chi connectivity index (χ0v) is 16.4. The maximum absolute atomic E-state index is 12.8. The molecular formula is C18H21BrN4O4. The third kappa shape index (κ3) is 4.30. The molecule has 3 N–H and O–H groups in total. The Morgan fingerprint density at radius 2 is 2.19 bits per heavy atom. The zero-order chi connectivity index (χ0) is 19.4. The number of nitrogens with one attached hydrogen (secondary N) is 2. The van der Waals surface area contributed by atoms with Gasteiger partial charge in [0.05, 0.1) is 31.6 Å². The smallest absolute Gasteiger partial charge is 0.407 e. The zero-order valence-electron chi connectivity index (χ0n) is 14.8. The van der Waals surface area contributed by atoms with E-state index >= 15 is 0 Å². The molecule has 0 saturated carbocycles. The third-order valence-electron chi connectivity index (χ3n) is 4.56. The van der Waals surface area contributed by atoms with Crippen LogP contribution in [-0.4, -0.2) is 58.3 Å². The standard InChI is InChI=1S/C18H21BrN4O4/c1-27-18(26)22-14(10-24)17(25)23-8-2-3-15(23)16-20-9-13(21-16)11-4-6-12(19)7-5-11/h4-7,9,14-15,24H,2-3,8,10H2,1H3,(H,20,21)(H,22,26)/t14-,15-/m0/s1. The minimum absolute atomic E-state index is 0.227. The summed E-state index contributed by atoms with van der Waals surface area (Å²) in [6.07, 6.45) is 2.57. The molecule has 2 amide bonds. The van der Waals surface area contributed by atoms with Crippen LogP contribution in [0.5, 0.6) is 0 Å². The number of amides is 2. The van der Waals surface area contributed by atoms with E-state index in [0.717, 1.165) is 28.6 Å². The number of aromatic nitrogens is 2. The molecule has 2 heterocycles. The molecule has 8 nitrogen and oxygen atoms in total. The Hall–Kier alpha value is -2.39. The van der Waals surface area contributed by atoms with Crippen LogP contribution in [0.15, 0.2) is 34.9 Å². The molecule has 0 unspecified atom stereocenters. The lowest BCUT2D eigenvalue weighted by Crippen LogP contribution is -2.50. The van der Waals surface area contributed by atoms with E-state index in [1.165, 1.54) is 7.11 Å². The lowest BCUT2D eigenvalue weighted by Gasteiger charge is -2.27. The van der Waals surface area contributed by atoms with Crippen molar-refractivity contribution >= 4 is 27.9 Å². The number of alkyl carbamates (subject to hydrolysis) is 1. The van der Waals surface area contributed by atoms with Crippen molar-refractivity contribution < 1.29 is 19.4 Å². The van der Waals surface area contributed by atoms with Gasteiger partial charge in [0.15, 0.2) is 0 Å². The number of H-pyrrole nitrogens is 1. The van der Waals surface area contributed by atoms with Gasteiger partial charge in [0.2, 0.25) is 5.91 Å². The Morgan fingerprint density at radius 3 is 2.85 bits per heavy atom. The van der Waals surface area contributed by atoms with Crippen LogP contribution in [0.2, 0.25) is 0 Å². The molecule has 1 aromatic heterocycles. The van der Waals surface area contributed by atoms with E-state index in [0.29, 0.717) is 12.4 Å². The summed E-state index contributed by atoms with van der Waals surface area (Å²) in [5.74, 6) is 0.334. The number of aliphatic hydroxyl groups excluding tert-OH is 1. The van der Waals surface area contributed by atoms with Gasteiger partial charge in [-0.25, -0.2) is 9.78 Å². The molecular weight excluding hydrogens is 416 g/mol. The minimum atomic E-state index is -1.04. The molecule has 1 aromatic carbocycles. The lowest BCUT2D eigenvalue weighted by atomic mass is 10.1. The summed E-state index contributed by atoms with van der Waals surface area (Å²) in [4.78, 5) is 33.6. The first-order valence-electron chi connectivity index (χ1n) is 8.60. The number of methoxy groups -OCH3 is 1. The van der Waals surface area contributed by atoms with Gasteiger partial charge in [0, 0.05) is 11.0 Å². The van der Waals surface area contributed by atoms with Gasteiger partial charge >= 0.3 is 6.09 Å². The number of hydrogen-bond donors (Lipinski definition) is 3. The van der Waals surface area contributed by atoms with Crippen LogP contribution in [0, 0.1) is 0 Å². The van der Waals surface area contributed by atoms with Crippen LogP contribution < -0.4 is 5.32 Å². The second-order valence-electron chi connectivity index (χ2n) is 6.25. The van der Waals surface area contributed by atoms with Crippen molar-refractivity contribution in [1.29, 1.82) is 0 Å². The van der Waals surface area contributed by atoms with Gasteiger partial charge in [-0.1, -0.05) is 28.1 Å². The Balaban J connectivity index is 1.77. The summed E-state index contributed by atoms with van der Waals surface area (Å²) in [5, 5.41) is 11.9. The highest BCUT2D eigenvalue weighted by atomic mass is 79.9. The summed E-state index contributed by atoms with van der Waals surface area (Å²) >= 11 is 3.41. The van der Waals surface area contributed by atoms with Gasteiger partial charge in [0.25, 0.3) is 0 Å². The monoisotopic (exact) mass is 436 g/mol. The average molecular weight is 437 g/mol. The van der Waals surface area contributed by atoms with E-state index in [9.17, 15) is 14.7 Å². The summed E-state index contributed by atoms with van der Waals surface area (Å²) in [7, 11) is 1.21. The number of imidazole rings is 1. The van der Waals surface area contributed by atoms with Crippen molar-refractivity contribution in [3.63, 3.8) is 0 Å². The van der Waals surface area contributed by atoms with Gasteiger partial charge in [0.1, 0.15) is 11.9 Å². The summed E-state index contributed by atoms with van der Waals surface area (Å²) in [6.45, 7) is 0.0383. The average Bonchev–Trinajstić information content (AvgIpc) is 3.35. The molecule has 0 bridgehead atoms. The van der Waals surface area contributed by atoms with Gasteiger partial charge in [-0.2, -0.15) is 0 Å².